The van der Waals surface area contributed by atoms with Crippen LogP contribution in [-0.4, -0.2) is 61.8 Å². The first-order valence-electron chi connectivity index (χ1n) is 13.2. The van der Waals surface area contributed by atoms with Gasteiger partial charge in [-0.05, 0) is 55.2 Å². The quantitative estimate of drug-likeness (QED) is 0.505. The summed E-state index contributed by atoms with van der Waals surface area (Å²) in [6.07, 6.45) is 0.914. The topological polar surface area (TPSA) is 125 Å². The summed E-state index contributed by atoms with van der Waals surface area (Å²) < 4.78 is 28.3. The van der Waals surface area contributed by atoms with E-state index in [1.165, 1.54) is 0 Å². The van der Waals surface area contributed by atoms with Gasteiger partial charge >= 0.3 is 0 Å². The zero-order chi connectivity index (χ0) is 26.1. The van der Waals surface area contributed by atoms with Crippen LogP contribution in [0, 0.1) is 5.92 Å². The normalized spacial score (nSPS) is 25.7. The zero-order valence-electron chi connectivity index (χ0n) is 21.0. The van der Waals surface area contributed by atoms with Crippen LogP contribution in [-0.2, 0) is 25.6 Å². The van der Waals surface area contributed by atoms with Crippen molar-refractivity contribution in [3.05, 3.63) is 47.5 Å². The summed E-state index contributed by atoms with van der Waals surface area (Å²) in [7, 11) is 0. The van der Waals surface area contributed by atoms with Gasteiger partial charge in [0, 0.05) is 42.8 Å². The molecule has 0 bridgehead atoms. The number of carbonyl (C=O) groups is 2. The van der Waals surface area contributed by atoms with Crippen molar-refractivity contribution in [3.63, 3.8) is 0 Å². The maximum Gasteiger partial charge on any atom is 0.231 e. The molecule has 0 spiro atoms. The molecule has 10 nitrogen and oxygen atoms in total. The average molecular weight is 525 g/mol. The van der Waals surface area contributed by atoms with Crippen molar-refractivity contribution in [1.82, 2.24) is 5.32 Å². The van der Waals surface area contributed by atoms with E-state index >= 15 is 0 Å². The van der Waals surface area contributed by atoms with Crippen LogP contribution in [0.15, 0.2) is 36.4 Å². The molecule has 0 radical (unpaired) electrons. The Morgan fingerprint density at radius 3 is 2.66 bits per heavy atom. The van der Waals surface area contributed by atoms with Crippen LogP contribution in [0.4, 0.5) is 5.69 Å². The first-order valence-corrected chi connectivity index (χ1v) is 13.2. The summed E-state index contributed by atoms with van der Waals surface area (Å²) in [4.78, 5) is 25.5. The Bertz CT molecular complexity index is 1200. The van der Waals surface area contributed by atoms with E-state index in [0.29, 0.717) is 37.7 Å². The van der Waals surface area contributed by atoms with Crippen LogP contribution in [0.5, 0.6) is 17.2 Å². The molecule has 4 aliphatic heterocycles. The van der Waals surface area contributed by atoms with E-state index in [4.69, 9.17) is 23.7 Å². The molecule has 202 valence electrons. The minimum Gasteiger partial charge on any atom is -0.487 e. The molecule has 0 aliphatic carbocycles. The summed E-state index contributed by atoms with van der Waals surface area (Å²) in [5, 5.41) is 16.0. The fraction of sp³-hybridized carbons (Fsp3) is 0.500. The lowest BCUT2D eigenvalue weighted by Gasteiger charge is -2.37. The van der Waals surface area contributed by atoms with Crippen molar-refractivity contribution >= 4 is 17.5 Å². The first-order chi connectivity index (χ1) is 18.6. The highest BCUT2D eigenvalue weighted by molar-refractivity contribution is 5.92. The molecule has 0 saturated carbocycles. The molecule has 2 aromatic rings. The lowest BCUT2D eigenvalue weighted by atomic mass is 9.84. The fourth-order valence-electron chi connectivity index (χ4n) is 5.70. The lowest BCUT2D eigenvalue weighted by Crippen LogP contribution is -2.47. The van der Waals surface area contributed by atoms with E-state index in [-0.39, 0.29) is 55.7 Å². The second kappa shape index (κ2) is 10.8. The minimum atomic E-state index is -0.548. The molecule has 10 heteroatoms. The highest BCUT2D eigenvalue weighted by Crippen LogP contribution is 2.47. The minimum absolute atomic E-state index is 0.000865. The molecule has 0 unspecified atom stereocenters. The van der Waals surface area contributed by atoms with Crippen LogP contribution in [0.25, 0.3) is 0 Å². The maximum absolute atomic E-state index is 12.8. The summed E-state index contributed by atoms with van der Waals surface area (Å²) in [6.45, 7) is 1.56. The van der Waals surface area contributed by atoms with E-state index in [0.717, 1.165) is 35.4 Å². The Morgan fingerprint density at radius 1 is 1.00 bits per heavy atom. The van der Waals surface area contributed by atoms with Gasteiger partial charge in [0.2, 0.25) is 18.6 Å². The number of ether oxygens (including phenoxy) is 5. The molecule has 2 saturated heterocycles. The van der Waals surface area contributed by atoms with Gasteiger partial charge in [0.1, 0.15) is 18.0 Å². The summed E-state index contributed by atoms with van der Waals surface area (Å²) >= 11 is 0. The van der Waals surface area contributed by atoms with Crippen molar-refractivity contribution in [3.8, 4) is 17.2 Å². The number of hydrogen-bond acceptors (Lipinski definition) is 8. The Hall–Kier alpha value is -3.34. The molecule has 6 rings (SSSR count). The number of carbonyl (C=O) groups excluding carboxylic acids is 2. The Morgan fingerprint density at radius 2 is 1.82 bits per heavy atom. The molecule has 4 aliphatic rings. The summed E-state index contributed by atoms with van der Waals surface area (Å²) in [5.41, 5.74) is 2.59. The second-order valence-corrected chi connectivity index (χ2v) is 10.2. The molecule has 38 heavy (non-hydrogen) atoms. The molecule has 3 N–H and O–H groups in total. The van der Waals surface area contributed by atoms with Gasteiger partial charge in [-0.2, -0.15) is 0 Å². The Labute approximate surface area is 220 Å². The lowest BCUT2D eigenvalue weighted by molar-refractivity contribution is -0.142. The monoisotopic (exact) mass is 524 g/mol. The number of aliphatic hydroxyl groups excluding tert-OH is 1. The highest BCUT2D eigenvalue weighted by Gasteiger charge is 2.46. The number of benzene rings is 2. The van der Waals surface area contributed by atoms with Gasteiger partial charge in [0.05, 0.1) is 19.1 Å². The molecular formula is C28H32N2O8. The molecule has 0 aromatic heterocycles. The van der Waals surface area contributed by atoms with Crippen LogP contribution in [0.3, 0.4) is 0 Å². The van der Waals surface area contributed by atoms with Gasteiger partial charge in [0.25, 0.3) is 0 Å². The van der Waals surface area contributed by atoms with Gasteiger partial charge in [-0.1, -0.05) is 6.07 Å². The number of nitrogens with one attached hydrogen (secondary N) is 2. The third-order valence-electron chi connectivity index (χ3n) is 7.70. The van der Waals surface area contributed by atoms with Gasteiger partial charge in [-0.15, -0.1) is 0 Å². The van der Waals surface area contributed by atoms with Crippen LogP contribution in [0.2, 0.25) is 0 Å². The smallest absolute Gasteiger partial charge is 0.231 e. The predicted molar refractivity (Wildman–Crippen MR) is 135 cm³/mol. The molecule has 2 aromatic carbocycles. The van der Waals surface area contributed by atoms with Crippen molar-refractivity contribution in [2.45, 2.75) is 56.5 Å². The molecular weight excluding hydrogens is 492 g/mol. The number of hydrogen-bond donors (Lipinski definition) is 3. The molecule has 4 atom stereocenters. The summed E-state index contributed by atoms with van der Waals surface area (Å²) in [6, 6.07) is 11.2. The van der Waals surface area contributed by atoms with Crippen molar-refractivity contribution in [2.75, 3.05) is 31.9 Å². The average Bonchev–Trinajstić information content (AvgIpc) is 3.56. The predicted octanol–water partition coefficient (Wildman–Crippen LogP) is 2.48. The van der Waals surface area contributed by atoms with Crippen molar-refractivity contribution in [2.24, 2.45) is 5.92 Å². The van der Waals surface area contributed by atoms with Crippen molar-refractivity contribution < 1.29 is 38.4 Å². The van der Waals surface area contributed by atoms with E-state index in [2.05, 4.69) is 10.6 Å². The van der Waals surface area contributed by atoms with Crippen molar-refractivity contribution in [1.29, 1.82) is 0 Å². The Balaban J connectivity index is 1.09. The van der Waals surface area contributed by atoms with E-state index in [9.17, 15) is 14.7 Å². The molecule has 2 amide bonds. The van der Waals surface area contributed by atoms with Crippen LogP contribution in [0.1, 0.15) is 42.7 Å². The largest absolute Gasteiger partial charge is 0.487 e. The SMILES string of the molecule is O=C(C[C@H]1C[C@@H]2c3cc(NC(=O)C4CCOCC4)ccc3O[C@@H]2[C@@H](CO)O1)NCc1ccc2c(c1)OCO2. The maximum atomic E-state index is 12.8. The van der Waals surface area contributed by atoms with Crippen LogP contribution < -0.4 is 24.8 Å². The highest BCUT2D eigenvalue weighted by atomic mass is 16.7. The van der Waals surface area contributed by atoms with E-state index in [1.807, 2.05) is 36.4 Å². The standard InChI is InChI=1S/C28H32N2O8/c31-14-25-27-21(20-10-18(2-4-22(20)38-27)30-28(33)17-5-7-34-8-6-17)11-19(37-25)12-26(32)29-13-16-1-3-23-24(9-16)36-15-35-23/h1-4,9-10,17,19,21,25,27,31H,5-8,11-15H2,(H,29,32)(H,30,33)/t19-,21-,25-,27+/m1/s1. The fourth-order valence-corrected chi connectivity index (χ4v) is 5.70. The van der Waals surface area contributed by atoms with E-state index < -0.39 is 6.10 Å². The number of aliphatic hydroxyl groups is 1. The zero-order valence-corrected chi connectivity index (χ0v) is 21.0. The second-order valence-electron chi connectivity index (χ2n) is 10.2. The van der Waals surface area contributed by atoms with Gasteiger partial charge < -0.3 is 39.4 Å². The number of anilines is 1. The first kappa shape index (κ1) is 25.0. The third kappa shape index (κ3) is 5.16. The third-order valence-corrected chi connectivity index (χ3v) is 7.70. The number of fused-ring (bicyclic) bond motifs is 4. The van der Waals surface area contributed by atoms with Gasteiger partial charge in [-0.3, -0.25) is 9.59 Å². The van der Waals surface area contributed by atoms with E-state index in [1.54, 1.807) is 0 Å². The van der Waals surface area contributed by atoms with Gasteiger partial charge in [-0.25, -0.2) is 0 Å². The number of amides is 2. The Kier molecular flexibility index (Phi) is 7.10. The molecule has 2 fully saturated rings. The van der Waals surface area contributed by atoms with Crippen LogP contribution >= 0.6 is 0 Å². The molecule has 4 heterocycles. The number of rotatable bonds is 7. The summed E-state index contributed by atoms with van der Waals surface area (Å²) in [5.74, 6) is 1.85. The van der Waals surface area contributed by atoms with Gasteiger partial charge in [0.15, 0.2) is 11.5 Å².